The Morgan fingerprint density at radius 2 is 2.38 bits per heavy atom. The number of aliphatic hydroxyl groups excluding tert-OH is 1. The van der Waals surface area contributed by atoms with E-state index in [9.17, 15) is 4.79 Å². The summed E-state index contributed by atoms with van der Waals surface area (Å²) in [5, 5.41) is 16.3. The standard InChI is InChI=1S/C10H14BrN3O2/c1-14-9(16)8(11)7(4-13-14)12-5-10(6-15)2-3-10/h4,12,15H,2-3,5-6H2,1H3. The fraction of sp³-hybridized carbons (Fsp3) is 0.600. The first-order chi connectivity index (χ1) is 7.58. The number of aliphatic hydroxyl groups is 1. The number of hydrogen-bond donors (Lipinski definition) is 2. The van der Waals surface area contributed by atoms with Gasteiger partial charge < -0.3 is 10.4 Å². The largest absolute Gasteiger partial charge is 0.396 e. The van der Waals surface area contributed by atoms with Crippen molar-refractivity contribution in [2.24, 2.45) is 12.5 Å². The molecular formula is C10H14BrN3O2. The second-order valence-electron chi connectivity index (χ2n) is 4.31. The highest BCUT2D eigenvalue weighted by Gasteiger charge is 2.41. The van der Waals surface area contributed by atoms with Crippen molar-refractivity contribution in [2.75, 3.05) is 18.5 Å². The van der Waals surface area contributed by atoms with Gasteiger partial charge in [0.25, 0.3) is 5.56 Å². The number of anilines is 1. The van der Waals surface area contributed by atoms with E-state index in [1.807, 2.05) is 0 Å². The van der Waals surface area contributed by atoms with Gasteiger partial charge in [0.2, 0.25) is 0 Å². The van der Waals surface area contributed by atoms with Crippen molar-refractivity contribution in [3.05, 3.63) is 21.0 Å². The number of nitrogens with zero attached hydrogens (tertiary/aromatic N) is 2. The third kappa shape index (κ3) is 2.12. The normalized spacial score (nSPS) is 17.2. The summed E-state index contributed by atoms with van der Waals surface area (Å²) in [5.74, 6) is 0. The third-order valence-corrected chi connectivity index (χ3v) is 3.79. The SMILES string of the molecule is Cn1ncc(NCC2(CO)CC2)c(Br)c1=O. The Labute approximate surface area is 102 Å². The molecule has 0 bridgehead atoms. The van der Waals surface area contributed by atoms with Crippen molar-refractivity contribution in [3.8, 4) is 0 Å². The average Bonchev–Trinajstić information content (AvgIpc) is 3.06. The molecule has 2 rings (SSSR count). The molecule has 0 aromatic carbocycles. The van der Waals surface area contributed by atoms with E-state index in [4.69, 9.17) is 5.11 Å². The van der Waals surface area contributed by atoms with Gasteiger partial charge in [-0.05, 0) is 28.8 Å². The molecule has 16 heavy (non-hydrogen) atoms. The maximum Gasteiger partial charge on any atom is 0.282 e. The van der Waals surface area contributed by atoms with Gasteiger partial charge >= 0.3 is 0 Å². The monoisotopic (exact) mass is 287 g/mol. The molecule has 5 nitrogen and oxygen atoms in total. The smallest absolute Gasteiger partial charge is 0.282 e. The van der Waals surface area contributed by atoms with Crippen LogP contribution in [0.3, 0.4) is 0 Å². The summed E-state index contributed by atoms with van der Waals surface area (Å²) in [7, 11) is 1.60. The summed E-state index contributed by atoms with van der Waals surface area (Å²) >= 11 is 3.24. The van der Waals surface area contributed by atoms with E-state index in [-0.39, 0.29) is 17.6 Å². The van der Waals surface area contributed by atoms with Crippen molar-refractivity contribution in [3.63, 3.8) is 0 Å². The molecule has 1 aliphatic carbocycles. The molecule has 0 atom stereocenters. The van der Waals surface area contributed by atoms with Crippen molar-refractivity contribution in [1.82, 2.24) is 9.78 Å². The number of nitrogens with one attached hydrogen (secondary N) is 1. The molecule has 1 heterocycles. The number of aryl methyl sites for hydroxylation is 1. The van der Waals surface area contributed by atoms with Crippen LogP contribution in [-0.2, 0) is 7.05 Å². The number of aromatic nitrogens is 2. The van der Waals surface area contributed by atoms with Crippen LogP contribution in [0.25, 0.3) is 0 Å². The van der Waals surface area contributed by atoms with Gasteiger partial charge in [0.05, 0.1) is 18.5 Å². The zero-order chi connectivity index (χ0) is 11.8. The summed E-state index contributed by atoms with van der Waals surface area (Å²) in [6.45, 7) is 0.868. The van der Waals surface area contributed by atoms with Crippen LogP contribution < -0.4 is 10.9 Å². The molecule has 1 fully saturated rings. The van der Waals surface area contributed by atoms with Gasteiger partial charge in [0.15, 0.2) is 0 Å². The first-order valence-corrected chi connectivity index (χ1v) is 5.94. The van der Waals surface area contributed by atoms with Gasteiger partial charge in [-0.3, -0.25) is 4.79 Å². The van der Waals surface area contributed by atoms with Gasteiger partial charge in [-0.2, -0.15) is 5.10 Å². The highest BCUT2D eigenvalue weighted by molar-refractivity contribution is 9.10. The molecular weight excluding hydrogens is 274 g/mol. The second kappa shape index (κ2) is 4.18. The predicted molar refractivity (Wildman–Crippen MR) is 64.4 cm³/mol. The summed E-state index contributed by atoms with van der Waals surface area (Å²) in [4.78, 5) is 11.6. The minimum absolute atomic E-state index is 0.0144. The Kier molecular flexibility index (Phi) is 3.03. The van der Waals surface area contributed by atoms with Gasteiger partial charge in [-0.25, -0.2) is 4.68 Å². The van der Waals surface area contributed by atoms with Crippen LogP contribution in [0.15, 0.2) is 15.5 Å². The van der Waals surface area contributed by atoms with E-state index in [2.05, 4.69) is 26.3 Å². The molecule has 0 radical (unpaired) electrons. The van der Waals surface area contributed by atoms with Gasteiger partial charge in [-0.1, -0.05) is 0 Å². The van der Waals surface area contributed by atoms with Crippen LogP contribution in [0.5, 0.6) is 0 Å². The molecule has 0 amide bonds. The molecule has 1 aromatic rings. The van der Waals surface area contributed by atoms with E-state index in [0.29, 0.717) is 16.7 Å². The lowest BCUT2D eigenvalue weighted by Crippen LogP contribution is -2.24. The fourth-order valence-electron chi connectivity index (χ4n) is 1.48. The number of halogens is 1. The van der Waals surface area contributed by atoms with Crippen molar-refractivity contribution in [1.29, 1.82) is 0 Å². The van der Waals surface area contributed by atoms with Crippen LogP contribution in [-0.4, -0.2) is 28.0 Å². The highest BCUT2D eigenvalue weighted by Crippen LogP contribution is 2.45. The molecule has 0 saturated heterocycles. The van der Waals surface area contributed by atoms with E-state index in [1.54, 1.807) is 13.2 Å². The zero-order valence-corrected chi connectivity index (χ0v) is 10.6. The van der Waals surface area contributed by atoms with Crippen molar-refractivity contribution in [2.45, 2.75) is 12.8 Å². The highest BCUT2D eigenvalue weighted by atomic mass is 79.9. The maximum absolute atomic E-state index is 11.6. The lowest BCUT2D eigenvalue weighted by molar-refractivity contribution is 0.220. The molecule has 1 aliphatic rings. The van der Waals surface area contributed by atoms with Crippen molar-refractivity contribution < 1.29 is 5.11 Å². The Morgan fingerprint density at radius 1 is 1.69 bits per heavy atom. The van der Waals surface area contributed by atoms with E-state index < -0.39 is 0 Å². The average molecular weight is 288 g/mol. The lowest BCUT2D eigenvalue weighted by Gasteiger charge is -2.14. The zero-order valence-electron chi connectivity index (χ0n) is 9.03. The van der Waals surface area contributed by atoms with Crippen LogP contribution in [0, 0.1) is 5.41 Å². The Hall–Kier alpha value is -0.880. The Bertz CT molecular complexity index is 454. The lowest BCUT2D eigenvalue weighted by atomic mass is 10.1. The first-order valence-electron chi connectivity index (χ1n) is 5.14. The molecule has 0 spiro atoms. The minimum atomic E-state index is -0.168. The molecule has 88 valence electrons. The molecule has 2 N–H and O–H groups in total. The maximum atomic E-state index is 11.6. The summed E-state index contributed by atoms with van der Waals surface area (Å²) in [6.07, 6.45) is 3.68. The summed E-state index contributed by atoms with van der Waals surface area (Å²) in [5.41, 5.74) is 0.530. The predicted octanol–water partition coefficient (Wildman–Crippen LogP) is 0.727. The van der Waals surface area contributed by atoms with Gasteiger partial charge in [-0.15, -0.1) is 0 Å². The van der Waals surface area contributed by atoms with Gasteiger partial charge in [0, 0.05) is 19.0 Å². The molecule has 1 aromatic heterocycles. The summed E-state index contributed by atoms with van der Waals surface area (Å²) < 4.78 is 1.76. The minimum Gasteiger partial charge on any atom is -0.396 e. The summed E-state index contributed by atoms with van der Waals surface area (Å²) in [6, 6.07) is 0. The Morgan fingerprint density at radius 3 is 2.94 bits per heavy atom. The van der Waals surface area contributed by atoms with Gasteiger partial charge in [0.1, 0.15) is 4.47 Å². The molecule has 0 unspecified atom stereocenters. The van der Waals surface area contributed by atoms with Crippen LogP contribution in [0.4, 0.5) is 5.69 Å². The molecule has 6 heteroatoms. The van der Waals surface area contributed by atoms with E-state index in [1.165, 1.54) is 4.68 Å². The fourth-order valence-corrected chi connectivity index (χ4v) is 1.98. The first kappa shape index (κ1) is 11.6. The van der Waals surface area contributed by atoms with Crippen LogP contribution in [0.1, 0.15) is 12.8 Å². The van der Waals surface area contributed by atoms with E-state index in [0.717, 1.165) is 12.8 Å². The van der Waals surface area contributed by atoms with E-state index >= 15 is 0 Å². The number of rotatable bonds is 4. The second-order valence-corrected chi connectivity index (χ2v) is 5.11. The topological polar surface area (TPSA) is 67.2 Å². The van der Waals surface area contributed by atoms with Crippen molar-refractivity contribution >= 4 is 21.6 Å². The molecule has 1 saturated carbocycles. The van der Waals surface area contributed by atoms with Crippen LogP contribution in [0.2, 0.25) is 0 Å². The third-order valence-electron chi connectivity index (χ3n) is 3.02. The number of hydrogen-bond acceptors (Lipinski definition) is 4. The quantitative estimate of drug-likeness (QED) is 0.857. The van der Waals surface area contributed by atoms with Crippen LogP contribution >= 0.6 is 15.9 Å². The molecule has 0 aliphatic heterocycles. The Balaban J connectivity index is 2.11.